The molecule has 0 aromatic rings. The zero-order valence-corrected chi connectivity index (χ0v) is 36.3. The zero-order valence-electron chi connectivity index (χ0n) is 36.3. The van der Waals surface area contributed by atoms with Crippen molar-refractivity contribution in [1.29, 1.82) is 0 Å². The van der Waals surface area contributed by atoms with Gasteiger partial charge < -0.3 is 24.3 Å². The maximum absolute atomic E-state index is 5.21. The van der Waals surface area contributed by atoms with E-state index in [0.29, 0.717) is 6.04 Å². The van der Waals surface area contributed by atoms with Crippen LogP contribution in [0.3, 0.4) is 0 Å². The number of rotatable bonds is 5. The largest absolute Gasteiger partial charge is 0.379 e. The summed E-state index contributed by atoms with van der Waals surface area (Å²) in [4.78, 5) is 17.5. The zero-order chi connectivity index (χ0) is 37.5. The molecule has 50 heavy (non-hydrogen) atoms. The molecular formula is C42H91N7O. The van der Waals surface area contributed by atoms with Gasteiger partial charge in [-0.25, -0.2) is 0 Å². The van der Waals surface area contributed by atoms with Crippen LogP contribution >= 0.6 is 0 Å². The van der Waals surface area contributed by atoms with E-state index in [-0.39, 0.29) is 0 Å². The van der Waals surface area contributed by atoms with E-state index in [1.54, 1.807) is 0 Å². The number of hydrogen-bond acceptors (Lipinski definition) is 8. The molecule has 300 valence electrons. The van der Waals surface area contributed by atoms with Gasteiger partial charge in [-0.15, -0.1) is 0 Å². The van der Waals surface area contributed by atoms with Gasteiger partial charge in [0.05, 0.1) is 13.2 Å². The van der Waals surface area contributed by atoms with Crippen LogP contribution in [0.25, 0.3) is 0 Å². The van der Waals surface area contributed by atoms with Crippen molar-refractivity contribution in [2.75, 3.05) is 119 Å². The van der Waals surface area contributed by atoms with Crippen LogP contribution in [0.1, 0.15) is 121 Å². The van der Waals surface area contributed by atoms with Gasteiger partial charge in [-0.2, -0.15) is 0 Å². The van der Waals surface area contributed by atoms with Crippen molar-refractivity contribution in [2.24, 2.45) is 5.92 Å². The van der Waals surface area contributed by atoms with E-state index in [1.807, 2.05) is 0 Å². The molecule has 5 rings (SSSR count). The third-order valence-corrected chi connectivity index (χ3v) is 11.4. The molecule has 0 saturated carbocycles. The van der Waals surface area contributed by atoms with Crippen molar-refractivity contribution in [2.45, 2.75) is 151 Å². The first-order valence-corrected chi connectivity index (χ1v) is 21.4. The minimum absolute atomic E-state index is 0.689. The lowest BCUT2D eigenvalue weighted by Gasteiger charge is -2.34. The number of likely N-dealkylation sites (N-methyl/N-ethyl adjacent to an activating group) is 2. The standard InChI is InChI=1S/C9H20N2.2C9H19N.C8H18N2.C7H15NO/c1-9(2)11-6-4-5-10(3)7-8-11;1-8(2)10-6-4-9(3)5-7-10;1-9(2)10-7-5-3-4-6-8-10;1-8(2)10-6-4-9(3)5-7-10;1-7(2)8-3-5-9-6-4-8/h9H,4-8H2,1-3H3;8-9H,4-7H2,1-3H3;9H,3-8H2,1-2H3;8H,4-7H2,1-3H3;7H,3-6H2,1-2H3. The maximum atomic E-state index is 5.21. The van der Waals surface area contributed by atoms with Crippen molar-refractivity contribution in [3.8, 4) is 0 Å². The molecule has 5 fully saturated rings. The van der Waals surface area contributed by atoms with E-state index in [1.165, 1.54) is 123 Å². The number of morpholine rings is 1. The molecule has 0 N–H and O–H groups in total. The lowest BCUT2D eigenvalue weighted by molar-refractivity contribution is 0.0238. The summed E-state index contributed by atoms with van der Waals surface area (Å²) in [7, 11) is 4.40. The molecule has 5 aliphatic heterocycles. The fraction of sp³-hybridized carbons (Fsp3) is 1.00. The van der Waals surface area contributed by atoms with Gasteiger partial charge in [0.15, 0.2) is 0 Å². The maximum Gasteiger partial charge on any atom is 0.0594 e. The molecule has 5 heterocycles. The Kier molecular flexibility index (Phi) is 26.9. The van der Waals surface area contributed by atoms with E-state index in [9.17, 15) is 0 Å². The Morgan fingerprint density at radius 3 is 1.08 bits per heavy atom. The first-order chi connectivity index (χ1) is 23.7. The molecule has 5 aliphatic rings. The molecule has 0 unspecified atom stereocenters. The van der Waals surface area contributed by atoms with Crippen LogP contribution in [0.15, 0.2) is 0 Å². The summed E-state index contributed by atoms with van der Waals surface area (Å²) in [5.41, 5.74) is 0. The Morgan fingerprint density at radius 2 is 0.680 bits per heavy atom. The van der Waals surface area contributed by atoms with Gasteiger partial charge in [-0.1, -0.05) is 19.8 Å². The number of hydrogen-bond donors (Lipinski definition) is 0. The molecule has 8 nitrogen and oxygen atoms in total. The Labute approximate surface area is 314 Å². The second kappa shape index (κ2) is 28.2. The minimum atomic E-state index is 0.689. The highest BCUT2D eigenvalue weighted by Crippen LogP contribution is 2.17. The lowest BCUT2D eigenvalue weighted by Crippen LogP contribution is -2.47. The van der Waals surface area contributed by atoms with Crippen molar-refractivity contribution >= 4 is 0 Å². The highest BCUT2D eigenvalue weighted by molar-refractivity contribution is 4.73. The summed E-state index contributed by atoms with van der Waals surface area (Å²) in [6.07, 6.45) is 9.86. The highest BCUT2D eigenvalue weighted by atomic mass is 16.5. The van der Waals surface area contributed by atoms with Gasteiger partial charge in [0.25, 0.3) is 0 Å². The topological polar surface area (TPSA) is 31.9 Å². The molecule has 0 radical (unpaired) electrons. The SMILES string of the molecule is CC(C)N1CCCCCC1.CC(C)N1CCCN(C)CC1.CC(C)N1CCN(C)CC1.CC(C)N1CCOCC1.CC1CCN(C(C)C)CC1. The van der Waals surface area contributed by atoms with Crippen LogP contribution in [0.4, 0.5) is 0 Å². The molecule has 0 aromatic heterocycles. The minimum Gasteiger partial charge on any atom is -0.379 e. The molecular weight excluding hydrogens is 619 g/mol. The molecule has 0 bridgehead atoms. The smallest absolute Gasteiger partial charge is 0.0594 e. The number of ether oxygens (including phenoxy) is 1. The summed E-state index contributed by atoms with van der Waals surface area (Å²) < 4.78 is 5.21. The summed E-state index contributed by atoms with van der Waals surface area (Å²) in [6.45, 7) is 44.4. The first kappa shape index (κ1) is 47.7. The summed E-state index contributed by atoms with van der Waals surface area (Å²) in [5.74, 6) is 0.968. The number of likely N-dealkylation sites (tertiary alicyclic amines) is 2. The van der Waals surface area contributed by atoms with Crippen LogP contribution in [0.5, 0.6) is 0 Å². The van der Waals surface area contributed by atoms with Gasteiger partial charge in [0, 0.05) is 82.6 Å². The van der Waals surface area contributed by atoms with Crippen molar-refractivity contribution in [3.05, 3.63) is 0 Å². The molecule has 0 aliphatic carbocycles. The molecule has 0 spiro atoms. The van der Waals surface area contributed by atoms with Gasteiger partial charge in [0.1, 0.15) is 0 Å². The molecule has 0 aromatic carbocycles. The average molecular weight is 710 g/mol. The van der Waals surface area contributed by atoms with Crippen LogP contribution in [-0.2, 0) is 4.74 Å². The number of nitrogens with zero attached hydrogens (tertiary/aromatic N) is 7. The molecule has 5 saturated heterocycles. The Morgan fingerprint density at radius 1 is 0.360 bits per heavy atom. The monoisotopic (exact) mass is 710 g/mol. The number of piperidine rings is 1. The van der Waals surface area contributed by atoms with Crippen LogP contribution in [0, 0.1) is 5.92 Å². The van der Waals surface area contributed by atoms with Gasteiger partial charge in [-0.3, -0.25) is 14.7 Å². The van der Waals surface area contributed by atoms with E-state index < -0.39 is 0 Å². The van der Waals surface area contributed by atoms with Gasteiger partial charge >= 0.3 is 0 Å². The quantitative estimate of drug-likeness (QED) is 0.309. The van der Waals surface area contributed by atoms with E-state index in [2.05, 4.69) is 125 Å². The van der Waals surface area contributed by atoms with E-state index >= 15 is 0 Å². The predicted octanol–water partition coefficient (Wildman–Crippen LogP) is 6.80. The average Bonchev–Trinajstić information content (AvgIpc) is 3.50. The van der Waals surface area contributed by atoms with Crippen molar-refractivity contribution in [3.63, 3.8) is 0 Å². The van der Waals surface area contributed by atoms with Gasteiger partial charge in [0.2, 0.25) is 0 Å². The number of piperazine rings is 1. The molecule has 0 amide bonds. The second-order valence-electron chi connectivity index (χ2n) is 17.3. The van der Waals surface area contributed by atoms with Crippen LogP contribution in [0.2, 0.25) is 0 Å². The van der Waals surface area contributed by atoms with E-state index in [4.69, 9.17) is 4.74 Å². The van der Waals surface area contributed by atoms with Crippen molar-refractivity contribution in [1.82, 2.24) is 34.3 Å². The van der Waals surface area contributed by atoms with Gasteiger partial charge in [-0.05, 0) is 161 Å². The van der Waals surface area contributed by atoms with Crippen molar-refractivity contribution < 1.29 is 4.74 Å². The lowest BCUT2D eigenvalue weighted by atomic mass is 9.98. The fourth-order valence-electron chi connectivity index (χ4n) is 7.17. The fourth-order valence-corrected chi connectivity index (χ4v) is 7.17. The Balaban J connectivity index is 0.000000313. The Bertz CT molecular complexity index is 723. The van der Waals surface area contributed by atoms with E-state index in [0.717, 1.165) is 56.4 Å². The predicted molar refractivity (Wildman–Crippen MR) is 221 cm³/mol. The molecule has 8 heteroatoms. The van der Waals surface area contributed by atoms with Crippen LogP contribution < -0.4 is 0 Å². The summed E-state index contributed by atoms with van der Waals surface area (Å²) in [5, 5.41) is 0. The summed E-state index contributed by atoms with van der Waals surface area (Å²) >= 11 is 0. The third-order valence-electron chi connectivity index (χ3n) is 11.4. The normalized spacial score (nSPS) is 23.6. The molecule has 0 atom stereocenters. The third kappa shape index (κ3) is 22.7. The summed E-state index contributed by atoms with van der Waals surface area (Å²) in [6, 6.07) is 3.66. The Hall–Kier alpha value is -0.320. The second-order valence-corrected chi connectivity index (χ2v) is 17.3. The van der Waals surface area contributed by atoms with Crippen LogP contribution in [-0.4, -0.2) is 183 Å². The highest BCUT2D eigenvalue weighted by Gasteiger charge is 2.18. The first-order valence-electron chi connectivity index (χ1n) is 21.4.